The fourth-order valence-electron chi connectivity index (χ4n) is 2.89. The molecule has 1 aliphatic heterocycles. The summed E-state index contributed by atoms with van der Waals surface area (Å²) < 4.78 is 5.02. The van der Waals surface area contributed by atoms with E-state index in [0.717, 1.165) is 38.0 Å². The van der Waals surface area contributed by atoms with Gasteiger partial charge in [-0.2, -0.15) is 0 Å². The number of nitrogens with one attached hydrogen (secondary N) is 1. The number of para-hydroxylation sites is 1. The lowest BCUT2D eigenvalue weighted by molar-refractivity contribution is 0.0980. The van der Waals surface area contributed by atoms with E-state index in [0.29, 0.717) is 18.1 Å². The van der Waals surface area contributed by atoms with Crippen LogP contribution in [0.3, 0.4) is 0 Å². The highest BCUT2D eigenvalue weighted by atomic mass is 16.5. The summed E-state index contributed by atoms with van der Waals surface area (Å²) in [6.07, 6.45) is 4.29. The maximum atomic E-state index is 12.9. The topological polar surface area (TPSA) is 67.3 Å². The lowest BCUT2D eigenvalue weighted by Gasteiger charge is -2.29. The minimum absolute atomic E-state index is 0.0792. The predicted molar refractivity (Wildman–Crippen MR) is 93.5 cm³/mol. The summed E-state index contributed by atoms with van der Waals surface area (Å²) in [4.78, 5) is 23.0. The summed E-state index contributed by atoms with van der Waals surface area (Å²) in [6, 6.07) is 9.77. The molecular weight excluding hydrogens is 304 g/mol. The first kappa shape index (κ1) is 16.4. The third-order valence-corrected chi connectivity index (χ3v) is 4.07. The number of anilines is 2. The van der Waals surface area contributed by atoms with Gasteiger partial charge in [0.05, 0.1) is 0 Å². The standard InChI is InChI=1S/C18H22N4O2/c1-24-11-5-9-19-17-12-15(20-13-21-17)18(23)22-10-4-7-14-6-2-3-8-16(14)22/h2-3,6,8,12-13H,4-5,7,9-11H2,1H3,(H,19,20,21). The Bertz CT molecular complexity index is 705. The highest BCUT2D eigenvalue weighted by Crippen LogP contribution is 2.27. The van der Waals surface area contributed by atoms with Crippen LogP contribution in [0, 0.1) is 0 Å². The fourth-order valence-corrected chi connectivity index (χ4v) is 2.89. The van der Waals surface area contributed by atoms with E-state index in [1.165, 1.54) is 11.9 Å². The second-order valence-electron chi connectivity index (χ2n) is 5.75. The molecule has 0 fully saturated rings. The van der Waals surface area contributed by atoms with Crippen molar-refractivity contribution >= 4 is 17.4 Å². The lowest BCUT2D eigenvalue weighted by atomic mass is 10.0. The van der Waals surface area contributed by atoms with Gasteiger partial charge < -0.3 is 15.0 Å². The van der Waals surface area contributed by atoms with Gasteiger partial charge in [-0.15, -0.1) is 0 Å². The van der Waals surface area contributed by atoms with Crippen LogP contribution in [0.25, 0.3) is 0 Å². The minimum Gasteiger partial charge on any atom is -0.385 e. The number of carbonyl (C=O) groups is 1. The molecule has 0 atom stereocenters. The molecule has 6 nitrogen and oxygen atoms in total. The highest BCUT2D eigenvalue weighted by Gasteiger charge is 2.24. The van der Waals surface area contributed by atoms with E-state index in [9.17, 15) is 4.79 Å². The van der Waals surface area contributed by atoms with E-state index in [4.69, 9.17) is 4.74 Å². The van der Waals surface area contributed by atoms with E-state index in [2.05, 4.69) is 21.4 Å². The van der Waals surface area contributed by atoms with Crippen molar-refractivity contribution in [3.8, 4) is 0 Å². The fraction of sp³-hybridized carbons (Fsp3) is 0.389. The smallest absolute Gasteiger partial charge is 0.277 e. The predicted octanol–water partition coefficient (Wildman–Crippen LogP) is 2.52. The maximum Gasteiger partial charge on any atom is 0.277 e. The largest absolute Gasteiger partial charge is 0.385 e. The molecule has 1 amide bonds. The number of carbonyl (C=O) groups excluding carboxylic acids is 1. The SMILES string of the molecule is COCCCNc1cc(C(=O)N2CCCc3ccccc32)ncn1. The van der Waals surface area contributed by atoms with E-state index >= 15 is 0 Å². The van der Waals surface area contributed by atoms with Crippen LogP contribution in [0.4, 0.5) is 11.5 Å². The van der Waals surface area contributed by atoms with Gasteiger partial charge in [-0.25, -0.2) is 9.97 Å². The van der Waals surface area contributed by atoms with Crippen LogP contribution < -0.4 is 10.2 Å². The number of hydrogen-bond acceptors (Lipinski definition) is 5. The summed E-state index contributed by atoms with van der Waals surface area (Å²) >= 11 is 0. The van der Waals surface area contributed by atoms with Crippen molar-refractivity contribution in [2.24, 2.45) is 0 Å². The molecule has 1 aromatic heterocycles. The number of aromatic nitrogens is 2. The Hall–Kier alpha value is -2.47. The average Bonchev–Trinajstić information content (AvgIpc) is 2.64. The first-order valence-corrected chi connectivity index (χ1v) is 8.24. The number of nitrogens with zero attached hydrogens (tertiary/aromatic N) is 3. The number of hydrogen-bond donors (Lipinski definition) is 1. The summed E-state index contributed by atoms with van der Waals surface area (Å²) in [6.45, 7) is 2.15. The quantitative estimate of drug-likeness (QED) is 0.826. The van der Waals surface area contributed by atoms with Crippen LogP contribution in [0.5, 0.6) is 0 Å². The van der Waals surface area contributed by atoms with Crippen molar-refractivity contribution in [1.29, 1.82) is 0 Å². The monoisotopic (exact) mass is 326 g/mol. The highest BCUT2D eigenvalue weighted by molar-refractivity contribution is 6.05. The van der Waals surface area contributed by atoms with E-state index in [-0.39, 0.29) is 5.91 Å². The number of ether oxygens (including phenoxy) is 1. The maximum absolute atomic E-state index is 12.9. The molecule has 0 saturated carbocycles. The zero-order valence-electron chi connectivity index (χ0n) is 13.9. The molecule has 2 aromatic rings. The van der Waals surface area contributed by atoms with Gasteiger partial charge in [0, 0.05) is 38.6 Å². The summed E-state index contributed by atoms with van der Waals surface area (Å²) in [5.41, 5.74) is 2.61. The summed E-state index contributed by atoms with van der Waals surface area (Å²) in [5, 5.41) is 3.19. The molecule has 1 aliphatic rings. The molecule has 0 bridgehead atoms. The number of amides is 1. The first-order valence-electron chi connectivity index (χ1n) is 8.24. The molecule has 0 radical (unpaired) electrons. The van der Waals surface area contributed by atoms with Crippen LogP contribution in [-0.4, -0.2) is 42.7 Å². The van der Waals surface area contributed by atoms with E-state index < -0.39 is 0 Å². The van der Waals surface area contributed by atoms with Gasteiger partial charge in [0.2, 0.25) is 0 Å². The average molecular weight is 326 g/mol. The van der Waals surface area contributed by atoms with Crippen LogP contribution in [-0.2, 0) is 11.2 Å². The Balaban J connectivity index is 1.74. The van der Waals surface area contributed by atoms with Crippen LogP contribution >= 0.6 is 0 Å². The van der Waals surface area contributed by atoms with Gasteiger partial charge in [-0.1, -0.05) is 18.2 Å². The molecule has 1 aromatic carbocycles. The van der Waals surface area contributed by atoms with Gasteiger partial charge in [-0.3, -0.25) is 4.79 Å². The zero-order valence-corrected chi connectivity index (χ0v) is 13.9. The van der Waals surface area contributed by atoms with Crippen LogP contribution in [0.1, 0.15) is 28.9 Å². The van der Waals surface area contributed by atoms with Gasteiger partial charge in [0.25, 0.3) is 5.91 Å². The van der Waals surface area contributed by atoms with Gasteiger partial charge >= 0.3 is 0 Å². The molecule has 1 N–H and O–H groups in total. The normalized spacial score (nSPS) is 13.5. The Kier molecular flexibility index (Phi) is 5.38. The Morgan fingerprint density at radius 3 is 3.08 bits per heavy atom. The molecule has 2 heterocycles. The van der Waals surface area contributed by atoms with Crippen LogP contribution in [0.2, 0.25) is 0 Å². The molecule has 3 rings (SSSR count). The first-order chi connectivity index (χ1) is 11.8. The van der Waals surface area contributed by atoms with Gasteiger partial charge in [0.1, 0.15) is 17.8 Å². The van der Waals surface area contributed by atoms with Crippen molar-refractivity contribution in [2.75, 3.05) is 37.0 Å². The molecule has 0 aliphatic carbocycles. The Labute approximate surface area is 141 Å². The number of methoxy groups -OCH3 is 1. The Morgan fingerprint density at radius 1 is 1.33 bits per heavy atom. The van der Waals surface area contributed by atoms with Crippen LogP contribution in [0.15, 0.2) is 36.7 Å². The third kappa shape index (κ3) is 3.71. The van der Waals surface area contributed by atoms with Crippen molar-refractivity contribution in [1.82, 2.24) is 9.97 Å². The Morgan fingerprint density at radius 2 is 2.21 bits per heavy atom. The minimum atomic E-state index is -0.0792. The molecular formula is C18H22N4O2. The zero-order chi connectivity index (χ0) is 16.8. The summed E-state index contributed by atoms with van der Waals surface area (Å²) in [5.74, 6) is 0.583. The molecule has 0 saturated heterocycles. The second kappa shape index (κ2) is 7.88. The molecule has 24 heavy (non-hydrogen) atoms. The lowest BCUT2D eigenvalue weighted by Crippen LogP contribution is -2.36. The molecule has 0 unspecified atom stereocenters. The van der Waals surface area contributed by atoms with E-state index in [1.54, 1.807) is 13.2 Å². The van der Waals surface area contributed by atoms with Gasteiger partial charge in [0.15, 0.2) is 0 Å². The van der Waals surface area contributed by atoms with Crippen molar-refractivity contribution in [3.05, 3.63) is 47.9 Å². The summed E-state index contributed by atoms with van der Waals surface area (Å²) in [7, 11) is 1.68. The second-order valence-corrected chi connectivity index (χ2v) is 5.75. The van der Waals surface area contributed by atoms with Crippen molar-refractivity contribution < 1.29 is 9.53 Å². The van der Waals surface area contributed by atoms with Gasteiger partial charge in [-0.05, 0) is 30.9 Å². The van der Waals surface area contributed by atoms with Crippen molar-refractivity contribution in [3.63, 3.8) is 0 Å². The number of fused-ring (bicyclic) bond motifs is 1. The van der Waals surface area contributed by atoms with Crippen molar-refractivity contribution in [2.45, 2.75) is 19.3 Å². The molecule has 0 spiro atoms. The number of aryl methyl sites for hydroxylation is 1. The number of benzene rings is 1. The number of rotatable bonds is 6. The van der Waals surface area contributed by atoms with E-state index in [1.807, 2.05) is 23.1 Å². The molecule has 6 heteroatoms. The molecule has 126 valence electrons. The third-order valence-electron chi connectivity index (χ3n) is 4.07.